The van der Waals surface area contributed by atoms with Gasteiger partial charge in [0.1, 0.15) is 17.3 Å². The van der Waals surface area contributed by atoms with Gasteiger partial charge in [-0.25, -0.2) is 4.98 Å². The fraction of sp³-hybridized carbons (Fsp3) is 0.219. The van der Waals surface area contributed by atoms with Gasteiger partial charge >= 0.3 is 0 Å². The molecule has 4 atom stereocenters. The number of rotatable bonds is 4. The van der Waals surface area contributed by atoms with Crippen molar-refractivity contribution in [2.45, 2.75) is 18.5 Å². The van der Waals surface area contributed by atoms with Gasteiger partial charge in [0.05, 0.1) is 23.7 Å². The van der Waals surface area contributed by atoms with Gasteiger partial charge in [-0.15, -0.1) is 0 Å². The molecule has 3 aromatic carbocycles. The molecule has 8 rings (SSSR count). The molecule has 182 valence electrons. The minimum absolute atomic E-state index is 0.0167. The van der Waals surface area contributed by atoms with Crippen molar-refractivity contribution in [3.8, 4) is 17.3 Å². The first-order valence-electron chi connectivity index (χ1n) is 14.4. The summed E-state index contributed by atoms with van der Waals surface area (Å²) in [6, 6.07) is 28.7. The van der Waals surface area contributed by atoms with Crippen LogP contribution < -0.4 is 9.64 Å². The summed E-state index contributed by atoms with van der Waals surface area (Å²) in [6.07, 6.45) is 7.33. The van der Waals surface area contributed by atoms with Gasteiger partial charge in [-0.3, -0.25) is 9.47 Å². The van der Waals surface area contributed by atoms with Gasteiger partial charge in [0.2, 0.25) is 0 Å². The zero-order valence-electron chi connectivity index (χ0n) is 23.2. The Kier molecular flexibility index (Phi) is 3.91. The van der Waals surface area contributed by atoms with E-state index in [2.05, 4.69) is 63.0 Å². The Balaban J connectivity index is 1.16. The topological polar surface area (TPSA) is 33.5 Å². The van der Waals surface area contributed by atoms with E-state index in [4.69, 9.17) is 8.85 Å². The van der Waals surface area contributed by atoms with E-state index in [9.17, 15) is 0 Å². The molecule has 1 saturated heterocycles. The zero-order chi connectivity index (χ0) is 27.0. The molecule has 2 fully saturated rings. The van der Waals surface area contributed by atoms with E-state index >= 15 is 0 Å². The summed E-state index contributed by atoms with van der Waals surface area (Å²) >= 11 is 0. The Morgan fingerprint density at radius 2 is 1.65 bits per heavy atom. The number of ether oxygens (including phenoxy) is 1. The fourth-order valence-electron chi connectivity index (χ4n) is 6.82. The van der Waals surface area contributed by atoms with Gasteiger partial charge in [0.25, 0.3) is 0 Å². The third-order valence-electron chi connectivity index (χ3n) is 8.31. The molecule has 37 heavy (non-hydrogen) atoms. The van der Waals surface area contributed by atoms with Crippen LogP contribution in [0.3, 0.4) is 0 Å². The van der Waals surface area contributed by atoms with Crippen molar-refractivity contribution in [2.75, 3.05) is 18.5 Å². The lowest BCUT2D eigenvalue weighted by atomic mass is 9.96. The maximum absolute atomic E-state index is 8.17. The summed E-state index contributed by atoms with van der Waals surface area (Å²) in [6.45, 7) is -1.73. The highest BCUT2D eigenvalue weighted by Gasteiger charge is 2.53. The third kappa shape index (κ3) is 3.17. The Labute approximate surface area is 220 Å². The molecule has 0 radical (unpaired) electrons. The minimum Gasteiger partial charge on any atom is -0.457 e. The van der Waals surface area contributed by atoms with E-state index in [0.29, 0.717) is 18.5 Å². The Morgan fingerprint density at radius 3 is 2.54 bits per heavy atom. The maximum atomic E-state index is 8.17. The van der Waals surface area contributed by atoms with Crippen molar-refractivity contribution < 1.29 is 8.85 Å². The molecule has 3 heterocycles. The maximum Gasteiger partial charge on any atom is 0.137 e. The number of pyridine rings is 1. The normalized spacial score (nSPS) is 25.9. The highest BCUT2D eigenvalue weighted by Crippen LogP contribution is 2.48. The van der Waals surface area contributed by atoms with Gasteiger partial charge in [-0.1, -0.05) is 42.5 Å². The molecular formula is C32H28N4O. The van der Waals surface area contributed by atoms with Crippen molar-refractivity contribution in [2.24, 2.45) is 11.8 Å². The van der Waals surface area contributed by atoms with Crippen LogP contribution in [-0.2, 0) is 0 Å². The SMILES string of the molecule is [2H]C([2H])([2H])N1CN(c2cccc(Oc3ccc4c5ccccc5n(-c5ccccn5)c4c3)c2)[C@@H]2C1C1C=C[C@@H]2C1. The van der Waals surface area contributed by atoms with Crippen LogP contribution in [0.4, 0.5) is 5.69 Å². The van der Waals surface area contributed by atoms with Crippen LogP contribution in [0.1, 0.15) is 10.5 Å². The Bertz CT molecular complexity index is 1780. The molecule has 2 aliphatic carbocycles. The summed E-state index contributed by atoms with van der Waals surface area (Å²) < 4.78 is 33.1. The highest BCUT2D eigenvalue weighted by molar-refractivity contribution is 6.09. The number of likely N-dealkylation sites (N-methyl/N-ethyl adjacent to an activating group) is 1. The second kappa shape index (κ2) is 7.95. The first-order chi connectivity index (χ1) is 19.5. The molecule has 1 aliphatic heterocycles. The molecule has 2 bridgehead atoms. The number of para-hydroxylation sites is 1. The summed E-state index contributed by atoms with van der Waals surface area (Å²) in [5.74, 6) is 2.99. The van der Waals surface area contributed by atoms with Crippen LogP contribution in [0, 0.1) is 11.8 Å². The summed E-state index contributed by atoms with van der Waals surface area (Å²) in [7, 11) is 0. The molecule has 2 aromatic heterocycles. The van der Waals surface area contributed by atoms with E-state index in [0.717, 1.165) is 45.8 Å². The average Bonchev–Trinajstić information content (AvgIpc) is 3.73. The molecule has 0 spiro atoms. The highest BCUT2D eigenvalue weighted by atomic mass is 16.5. The molecule has 2 unspecified atom stereocenters. The van der Waals surface area contributed by atoms with Crippen LogP contribution in [0.5, 0.6) is 11.5 Å². The van der Waals surface area contributed by atoms with Gasteiger partial charge in [0, 0.05) is 44.9 Å². The molecule has 0 N–H and O–H groups in total. The Morgan fingerprint density at radius 1 is 0.811 bits per heavy atom. The molecule has 0 amide bonds. The average molecular weight is 488 g/mol. The quantitative estimate of drug-likeness (QED) is 0.267. The van der Waals surface area contributed by atoms with Crippen LogP contribution >= 0.6 is 0 Å². The van der Waals surface area contributed by atoms with Gasteiger partial charge in [-0.05, 0) is 67.7 Å². The van der Waals surface area contributed by atoms with Crippen molar-refractivity contribution in [3.63, 3.8) is 0 Å². The molecule has 3 aliphatic rings. The molecule has 5 heteroatoms. The number of benzene rings is 3. The molecular weight excluding hydrogens is 456 g/mol. The molecule has 1 saturated carbocycles. The van der Waals surface area contributed by atoms with E-state index < -0.39 is 6.98 Å². The zero-order valence-corrected chi connectivity index (χ0v) is 20.2. The predicted molar refractivity (Wildman–Crippen MR) is 149 cm³/mol. The van der Waals surface area contributed by atoms with Crippen LogP contribution in [0.25, 0.3) is 27.6 Å². The number of hydrogen-bond acceptors (Lipinski definition) is 4. The number of anilines is 1. The minimum atomic E-state index is -2.12. The summed E-state index contributed by atoms with van der Waals surface area (Å²) in [5, 5.41) is 2.30. The van der Waals surface area contributed by atoms with E-state index in [1.165, 1.54) is 5.39 Å². The standard InChI is InChI=1S/C32H28N4O/c1-34-20-35(32-22-13-12-21(17-22)31(32)34)23-7-6-8-24(18-23)37-25-14-15-27-26-9-2-3-10-28(26)36(29(27)19-25)30-11-4-5-16-33-30/h2-16,18-19,21-22,31-32H,17,20H2,1H3/t21?,22-,31?,32+/m1/s1/i1D3. The van der Waals surface area contributed by atoms with E-state index in [1.54, 1.807) is 4.90 Å². The smallest absolute Gasteiger partial charge is 0.137 e. The number of fused-ring (bicyclic) bond motifs is 8. The predicted octanol–water partition coefficient (Wildman–Crippen LogP) is 6.62. The third-order valence-corrected chi connectivity index (χ3v) is 8.31. The first-order valence-corrected chi connectivity index (χ1v) is 12.9. The van der Waals surface area contributed by atoms with Gasteiger partial charge in [-0.2, -0.15) is 0 Å². The lowest BCUT2D eigenvalue weighted by molar-refractivity contribution is 0.272. The molecule has 5 nitrogen and oxygen atoms in total. The second-order valence-corrected chi connectivity index (χ2v) is 10.3. The second-order valence-electron chi connectivity index (χ2n) is 10.3. The largest absolute Gasteiger partial charge is 0.457 e. The van der Waals surface area contributed by atoms with Crippen molar-refractivity contribution >= 4 is 27.5 Å². The van der Waals surface area contributed by atoms with Crippen molar-refractivity contribution in [1.82, 2.24) is 14.5 Å². The monoisotopic (exact) mass is 487 g/mol. The van der Waals surface area contributed by atoms with Gasteiger partial charge < -0.3 is 9.64 Å². The van der Waals surface area contributed by atoms with E-state index in [1.807, 2.05) is 54.7 Å². The van der Waals surface area contributed by atoms with Crippen molar-refractivity contribution in [1.29, 1.82) is 0 Å². The number of nitrogens with zero attached hydrogens (tertiary/aromatic N) is 4. The summed E-state index contributed by atoms with van der Waals surface area (Å²) in [5.41, 5.74) is 3.11. The Hall–Kier alpha value is -4.09. The number of aromatic nitrogens is 2. The van der Waals surface area contributed by atoms with Crippen LogP contribution in [-0.4, -0.2) is 40.2 Å². The fourth-order valence-corrected chi connectivity index (χ4v) is 6.82. The van der Waals surface area contributed by atoms with Crippen LogP contribution in [0.2, 0.25) is 0 Å². The lowest BCUT2D eigenvalue weighted by Crippen LogP contribution is -2.39. The van der Waals surface area contributed by atoms with Crippen molar-refractivity contribution in [3.05, 3.63) is 103 Å². The van der Waals surface area contributed by atoms with Crippen LogP contribution in [0.15, 0.2) is 103 Å². The number of hydrogen-bond donors (Lipinski definition) is 0. The van der Waals surface area contributed by atoms with E-state index in [-0.39, 0.29) is 12.1 Å². The first kappa shape index (κ1) is 18.2. The summed E-state index contributed by atoms with van der Waals surface area (Å²) in [4.78, 5) is 8.60. The lowest BCUT2D eigenvalue weighted by Gasteiger charge is -2.30. The molecule has 5 aromatic rings. The van der Waals surface area contributed by atoms with Gasteiger partial charge in [0.15, 0.2) is 0 Å².